The van der Waals surface area contributed by atoms with E-state index in [0.29, 0.717) is 5.76 Å². The summed E-state index contributed by atoms with van der Waals surface area (Å²) in [5, 5.41) is 12.1. The molecule has 17 heavy (non-hydrogen) atoms. The van der Waals surface area contributed by atoms with Crippen LogP contribution in [-0.2, 0) is 0 Å². The zero-order valence-corrected chi connectivity index (χ0v) is 9.56. The van der Waals surface area contributed by atoms with Gasteiger partial charge in [0.2, 0.25) is 0 Å². The molecule has 1 nitrogen and oxygen atoms in total. The summed E-state index contributed by atoms with van der Waals surface area (Å²) in [6, 6.07) is 14.7. The molecule has 0 saturated carbocycles. The van der Waals surface area contributed by atoms with E-state index in [1.807, 2.05) is 12.2 Å². The fraction of sp³-hybridized carbons (Fsp3) is 0.125. The van der Waals surface area contributed by atoms with Crippen LogP contribution >= 0.6 is 0 Å². The van der Waals surface area contributed by atoms with E-state index in [0.717, 1.165) is 12.8 Å². The molecule has 1 aliphatic carbocycles. The molecular weight excluding hydrogens is 208 g/mol. The Hall–Kier alpha value is -2.02. The molecule has 0 amide bonds. The summed E-state index contributed by atoms with van der Waals surface area (Å²) in [5.41, 5.74) is 2.46. The monoisotopic (exact) mass is 222 g/mol. The number of aliphatic hydroxyl groups is 1. The SMILES string of the molecule is OC1=CCCC(c2cccc3ccccc23)=C1. The van der Waals surface area contributed by atoms with Crippen LogP contribution in [-0.4, -0.2) is 5.11 Å². The summed E-state index contributed by atoms with van der Waals surface area (Å²) < 4.78 is 0. The van der Waals surface area contributed by atoms with Crippen molar-refractivity contribution in [3.05, 3.63) is 65.9 Å². The summed E-state index contributed by atoms with van der Waals surface area (Å²) in [7, 11) is 0. The predicted octanol–water partition coefficient (Wildman–Crippen LogP) is 4.46. The molecule has 0 radical (unpaired) electrons. The molecule has 0 spiro atoms. The van der Waals surface area contributed by atoms with E-state index in [1.54, 1.807) is 0 Å². The van der Waals surface area contributed by atoms with E-state index >= 15 is 0 Å². The first-order chi connectivity index (χ1) is 8.34. The molecule has 2 aromatic carbocycles. The molecule has 0 saturated heterocycles. The molecule has 0 unspecified atom stereocenters. The predicted molar refractivity (Wildman–Crippen MR) is 71.9 cm³/mol. The van der Waals surface area contributed by atoms with Crippen molar-refractivity contribution in [2.45, 2.75) is 12.8 Å². The van der Waals surface area contributed by atoms with E-state index in [2.05, 4.69) is 42.5 Å². The molecule has 0 aromatic heterocycles. The Balaban J connectivity index is 2.21. The van der Waals surface area contributed by atoms with Gasteiger partial charge in [-0.15, -0.1) is 0 Å². The Morgan fingerprint density at radius 2 is 1.76 bits per heavy atom. The summed E-state index contributed by atoms with van der Waals surface area (Å²) in [6.07, 6.45) is 5.67. The minimum atomic E-state index is 0.388. The summed E-state index contributed by atoms with van der Waals surface area (Å²) >= 11 is 0. The van der Waals surface area contributed by atoms with Crippen LogP contribution in [0.4, 0.5) is 0 Å². The van der Waals surface area contributed by atoms with Gasteiger partial charge in [0.05, 0.1) is 0 Å². The molecule has 2 aromatic rings. The number of rotatable bonds is 1. The van der Waals surface area contributed by atoms with Gasteiger partial charge in [0, 0.05) is 0 Å². The third-order valence-electron chi connectivity index (χ3n) is 3.22. The van der Waals surface area contributed by atoms with Crippen LogP contribution in [0.25, 0.3) is 16.3 Å². The standard InChI is InChI=1S/C16H14O/c17-14-8-3-7-13(11-14)16-10-4-6-12-5-1-2-9-15(12)16/h1-2,4-6,8-11,17H,3,7H2. The highest BCUT2D eigenvalue weighted by Crippen LogP contribution is 2.30. The van der Waals surface area contributed by atoms with E-state index in [4.69, 9.17) is 0 Å². The van der Waals surface area contributed by atoms with E-state index in [1.165, 1.54) is 21.9 Å². The van der Waals surface area contributed by atoms with Gasteiger partial charge in [-0.1, -0.05) is 42.5 Å². The van der Waals surface area contributed by atoms with Crippen molar-refractivity contribution in [1.82, 2.24) is 0 Å². The van der Waals surface area contributed by atoms with Gasteiger partial charge in [-0.3, -0.25) is 0 Å². The summed E-state index contributed by atoms with van der Waals surface area (Å²) in [6.45, 7) is 0. The normalized spacial score (nSPS) is 15.5. The van der Waals surface area contributed by atoms with Crippen molar-refractivity contribution in [2.75, 3.05) is 0 Å². The molecule has 0 aliphatic heterocycles. The van der Waals surface area contributed by atoms with Crippen molar-refractivity contribution < 1.29 is 5.11 Å². The second kappa shape index (κ2) is 4.10. The van der Waals surface area contributed by atoms with Crippen LogP contribution < -0.4 is 0 Å². The Morgan fingerprint density at radius 1 is 0.941 bits per heavy atom. The zero-order valence-electron chi connectivity index (χ0n) is 9.56. The number of hydrogen-bond donors (Lipinski definition) is 1. The van der Waals surface area contributed by atoms with E-state index < -0.39 is 0 Å². The van der Waals surface area contributed by atoms with E-state index in [-0.39, 0.29) is 0 Å². The van der Waals surface area contributed by atoms with Gasteiger partial charge in [-0.25, -0.2) is 0 Å². The van der Waals surface area contributed by atoms with Gasteiger partial charge in [-0.05, 0) is 46.9 Å². The molecule has 0 bridgehead atoms. The van der Waals surface area contributed by atoms with Crippen LogP contribution in [0.2, 0.25) is 0 Å². The molecule has 0 atom stereocenters. The lowest BCUT2D eigenvalue weighted by Gasteiger charge is -2.13. The van der Waals surface area contributed by atoms with Crippen molar-refractivity contribution in [3.63, 3.8) is 0 Å². The Bertz CT molecular complexity index is 615. The second-order valence-corrected chi connectivity index (χ2v) is 4.36. The summed E-state index contributed by atoms with van der Waals surface area (Å²) in [4.78, 5) is 0. The Labute approximate surface area is 101 Å². The first-order valence-corrected chi connectivity index (χ1v) is 5.92. The first-order valence-electron chi connectivity index (χ1n) is 5.92. The van der Waals surface area contributed by atoms with Crippen LogP contribution in [0.3, 0.4) is 0 Å². The molecule has 84 valence electrons. The molecular formula is C16H14O. The summed E-state index contributed by atoms with van der Waals surface area (Å²) in [5.74, 6) is 0.388. The second-order valence-electron chi connectivity index (χ2n) is 4.36. The molecule has 1 aliphatic rings. The van der Waals surface area contributed by atoms with Gasteiger partial charge in [0.1, 0.15) is 5.76 Å². The topological polar surface area (TPSA) is 20.2 Å². The van der Waals surface area contributed by atoms with Crippen molar-refractivity contribution in [3.8, 4) is 0 Å². The highest BCUT2D eigenvalue weighted by Gasteiger charge is 2.09. The largest absolute Gasteiger partial charge is 0.508 e. The number of aliphatic hydroxyl groups excluding tert-OH is 1. The minimum Gasteiger partial charge on any atom is -0.508 e. The van der Waals surface area contributed by atoms with Gasteiger partial charge in [0.15, 0.2) is 0 Å². The van der Waals surface area contributed by atoms with Crippen LogP contribution in [0.1, 0.15) is 18.4 Å². The van der Waals surface area contributed by atoms with Gasteiger partial charge < -0.3 is 5.11 Å². The minimum absolute atomic E-state index is 0.388. The van der Waals surface area contributed by atoms with Crippen molar-refractivity contribution in [1.29, 1.82) is 0 Å². The van der Waals surface area contributed by atoms with Crippen molar-refractivity contribution in [2.24, 2.45) is 0 Å². The first kappa shape index (κ1) is 10.2. The highest BCUT2D eigenvalue weighted by atomic mass is 16.3. The highest BCUT2D eigenvalue weighted by molar-refractivity contribution is 5.94. The maximum Gasteiger partial charge on any atom is 0.111 e. The third-order valence-corrected chi connectivity index (χ3v) is 3.22. The maximum absolute atomic E-state index is 9.60. The molecule has 3 rings (SSSR count). The average Bonchev–Trinajstić information content (AvgIpc) is 2.38. The van der Waals surface area contributed by atoms with Crippen LogP contribution in [0, 0.1) is 0 Å². The number of hydrogen-bond acceptors (Lipinski definition) is 1. The average molecular weight is 222 g/mol. The number of fused-ring (bicyclic) bond motifs is 1. The van der Waals surface area contributed by atoms with E-state index in [9.17, 15) is 5.11 Å². The lowest BCUT2D eigenvalue weighted by molar-refractivity contribution is 0.428. The Kier molecular flexibility index (Phi) is 2.45. The van der Waals surface area contributed by atoms with Crippen LogP contribution in [0.5, 0.6) is 0 Å². The third kappa shape index (κ3) is 1.84. The molecule has 0 heterocycles. The fourth-order valence-corrected chi connectivity index (χ4v) is 2.40. The van der Waals surface area contributed by atoms with Gasteiger partial charge in [-0.2, -0.15) is 0 Å². The Morgan fingerprint density at radius 3 is 2.65 bits per heavy atom. The van der Waals surface area contributed by atoms with Gasteiger partial charge >= 0.3 is 0 Å². The lowest BCUT2D eigenvalue weighted by atomic mass is 9.92. The lowest BCUT2D eigenvalue weighted by Crippen LogP contribution is -1.93. The smallest absolute Gasteiger partial charge is 0.111 e. The van der Waals surface area contributed by atoms with Crippen LogP contribution in [0.15, 0.2) is 60.4 Å². The number of benzene rings is 2. The molecule has 1 N–H and O–H groups in total. The maximum atomic E-state index is 9.60. The number of allylic oxidation sites excluding steroid dienone is 3. The van der Waals surface area contributed by atoms with Gasteiger partial charge in [0.25, 0.3) is 0 Å². The van der Waals surface area contributed by atoms with Crippen molar-refractivity contribution >= 4 is 16.3 Å². The zero-order chi connectivity index (χ0) is 11.7. The fourth-order valence-electron chi connectivity index (χ4n) is 2.40. The molecule has 0 fully saturated rings. The molecule has 1 heteroatoms. The quantitative estimate of drug-likeness (QED) is 0.755.